The highest BCUT2D eigenvalue weighted by Gasteiger charge is 2.22. The van der Waals surface area contributed by atoms with Gasteiger partial charge in [0.25, 0.3) is 0 Å². The SMILES string of the molecule is CCN(c1ccc(CNC(C)C)nn1)C1CCCC1. The Bertz CT molecular complexity index is 368. The minimum atomic E-state index is 0.479. The average molecular weight is 262 g/mol. The summed E-state index contributed by atoms with van der Waals surface area (Å²) in [4.78, 5) is 2.40. The average Bonchev–Trinajstić information content (AvgIpc) is 2.92. The van der Waals surface area contributed by atoms with Crippen LogP contribution in [0.3, 0.4) is 0 Å². The predicted octanol–water partition coefficient (Wildman–Crippen LogP) is 2.74. The first-order valence-corrected chi connectivity index (χ1v) is 7.53. The van der Waals surface area contributed by atoms with Crippen LogP contribution in [0.2, 0.25) is 0 Å². The number of nitrogens with one attached hydrogen (secondary N) is 1. The van der Waals surface area contributed by atoms with Crippen LogP contribution in [0, 0.1) is 0 Å². The molecule has 4 nitrogen and oxygen atoms in total. The van der Waals surface area contributed by atoms with E-state index in [-0.39, 0.29) is 0 Å². The molecule has 1 aliphatic carbocycles. The van der Waals surface area contributed by atoms with Gasteiger partial charge in [-0.3, -0.25) is 0 Å². The zero-order chi connectivity index (χ0) is 13.7. The first-order chi connectivity index (χ1) is 9.20. The Balaban J connectivity index is 1.99. The fourth-order valence-electron chi connectivity index (χ4n) is 2.73. The van der Waals surface area contributed by atoms with Crippen LogP contribution in [0.1, 0.15) is 52.1 Å². The fourth-order valence-corrected chi connectivity index (χ4v) is 2.73. The molecule has 2 rings (SSSR count). The molecule has 1 saturated carbocycles. The third-order valence-electron chi connectivity index (χ3n) is 3.80. The second-order valence-corrected chi connectivity index (χ2v) is 5.64. The highest BCUT2D eigenvalue weighted by molar-refractivity contribution is 5.38. The normalized spacial score (nSPS) is 16.2. The minimum Gasteiger partial charge on any atom is -0.352 e. The molecule has 1 fully saturated rings. The van der Waals surface area contributed by atoms with Crippen LogP contribution >= 0.6 is 0 Å². The second kappa shape index (κ2) is 6.85. The summed E-state index contributed by atoms with van der Waals surface area (Å²) in [6, 6.07) is 5.35. The molecule has 1 aliphatic rings. The lowest BCUT2D eigenvalue weighted by Crippen LogP contribution is -2.34. The number of hydrogen-bond donors (Lipinski definition) is 1. The first kappa shape index (κ1) is 14.3. The van der Waals surface area contributed by atoms with Gasteiger partial charge in [0.05, 0.1) is 5.69 Å². The van der Waals surface area contributed by atoms with Crippen molar-refractivity contribution in [2.75, 3.05) is 11.4 Å². The van der Waals surface area contributed by atoms with Crippen molar-refractivity contribution in [1.82, 2.24) is 15.5 Å². The van der Waals surface area contributed by atoms with Gasteiger partial charge in [0, 0.05) is 25.2 Å². The molecular formula is C15H26N4. The third-order valence-corrected chi connectivity index (χ3v) is 3.80. The molecule has 1 aromatic rings. The molecule has 1 aromatic heterocycles. The lowest BCUT2D eigenvalue weighted by atomic mass is 10.2. The summed E-state index contributed by atoms with van der Waals surface area (Å²) in [5, 5.41) is 12.1. The van der Waals surface area contributed by atoms with E-state index < -0.39 is 0 Å². The van der Waals surface area contributed by atoms with Crippen LogP contribution in [-0.2, 0) is 6.54 Å². The van der Waals surface area contributed by atoms with Crippen LogP contribution in [0.25, 0.3) is 0 Å². The maximum absolute atomic E-state index is 4.41. The lowest BCUT2D eigenvalue weighted by molar-refractivity contribution is 0.574. The van der Waals surface area contributed by atoms with Crippen molar-refractivity contribution in [2.45, 2.75) is 65.1 Å². The minimum absolute atomic E-state index is 0.479. The zero-order valence-corrected chi connectivity index (χ0v) is 12.4. The molecule has 1 N–H and O–H groups in total. The van der Waals surface area contributed by atoms with E-state index in [1.54, 1.807) is 0 Å². The Hall–Kier alpha value is -1.16. The van der Waals surface area contributed by atoms with E-state index in [1.165, 1.54) is 25.7 Å². The van der Waals surface area contributed by atoms with E-state index in [9.17, 15) is 0 Å². The van der Waals surface area contributed by atoms with Crippen LogP contribution in [0.4, 0.5) is 5.82 Å². The monoisotopic (exact) mass is 262 g/mol. The molecule has 106 valence electrons. The van der Waals surface area contributed by atoms with Gasteiger partial charge in [-0.1, -0.05) is 26.7 Å². The van der Waals surface area contributed by atoms with Gasteiger partial charge in [-0.05, 0) is 31.9 Å². The van der Waals surface area contributed by atoms with E-state index in [0.717, 1.165) is 24.6 Å². The number of nitrogens with zero attached hydrogens (tertiary/aromatic N) is 3. The fraction of sp³-hybridized carbons (Fsp3) is 0.733. The molecule has 1 heterocycles. The van der Waals surface area contributed by atoms with Crippen LogP contribution < -0.4 is 10.2 Å². The van der Waals surface area contributed by atoms with E-state index >= 15 is 0 Å². The summed E-state index contributed by atoms with van der Waals surface area (Å²) in [6.07, 6.45) is 5.30. The summed E-state index contributed by atoms with van der Waals surface area (Å²) in [5.74, 6) is 1.03. The Kier molecular flexibility index (Phi) is 5.14. The quantitative estimate of drug-likeness (QED) is 0.856. The van der Waals surface area contributed by atoms with Crippen LogP contribution in [0.15, 0.2) is 12.1 Å². The molecule has 0 spiro atoms. The molecular weight excluding hydrogens is 236 g/mol. The van der Waals surface area contributed by atoms with Crippen molar-refractivity contribution in [3.05, 3.63) is 17.8 Å². The Morgan fingerprint density at radius 2 is 2.00 bits per heavy atom. The van der Waals surface area contributed by atoms with E-state index in [0.29, 0.717) is 12.1 Å². The van der Waals surface area contributed by atoms with Crippen molar-refractivity contribution in [2.24, 2.45) is 0 Å². The lowest BCUT2D eigenvalue weighted by Gasteiger charge is -2.28. The molecule has 19 heavy (non-hydrogen) atoms. The van der Waals surface area contributed by atoms with Crippen molar-refractivity contribution >= 4 is 5.82 Å². The molecule has 0 unspecified atom stereocenters. The summed E-state index contributed by atoms with van der Waals surface area (Å²) in [7, 11) is 0. The molecule has 4 heteroatoms. The number of aromatic nitrogens is 2. The second-order valence-electron chi connectivity index (χ2n) is 5.64. The molecule has 0 saturated heterocycles. The molecule has 0 bridgehead atoms. The molecule has 0 aromatic carbocycles. The van der Waals surface area contributed by atoms with E-state index in [2.05, 4.69) is 53.3 Å². The van der Waals surface area contributed by atoms with Gasteiger partial charge in [-0.25, -0.2) is 0 Å². The number of anilines is 1. The van der Waals surface area contributed by atoms with E-state index in [4.69, 9.17) is 0 Å². The number of hydrogen-bond acceptors (Lipinski definition) is 4. The van der Waals surface area contributed by atoms with Gasteiger partial charge in [0.15, 0.2) is 5.82 Å². The topological polar surface area (TPSA) is 41.0 Å². The predicted molar refractivity (Wildman–Crippen MR) is 79.3 cm³/mol. The summed E-state index contributed by atoms with van der Waals surface area (Å²) in [6.45, 7) is 8.29. The first-order valence-electron chi connectivity index (χ1n) is 7.53. The maximum atomic E-state index is 4.41. The largest absolute Gasteiger partial charge is 0.352 e. The Morgan fingerprint density at radius 3 is 2.53 bits per heavy atom. The van der Waals surface area contributed by atoms with Gasteiger partial charge in [0.1, 0.15) is 0 Å². The molecule has 0 aliphatic heterocycles. The van der Waals surface area contributed by atoms with Gasteiger partial charge in [-0.15, -0.1) is 5.10 Å². The standard InChI is InChI=1S/C15H26N4/c1-4-19(14-7-5-6-8-14)15-10-9-13(17-18-15)11-16-12(2)3/h9-10,12,14,16H,4-8,11H2,1-3H3. The molecule has 0 amide bonds. The summed E-state index contributed by atoms with van der Waals surface area (Å²) in [5.41, 5.74) is 1.01. The summed E-state index contributed by atoms with van der Waals surface area (Å²) < 4.78 is 0. The third kappa shape index (κ3) is 3.90. The molecule has 0 radical (unpaired) electrons. The highest BCUT2D eigenvalue weighted by Crippen LogP contribution is 2.26. The van der Waals surface area contributed by atoms with Crippen molar-refractivity contribution in [3.63, 3.8) is 0 Å². The molecule has 0 atom stereocenters. The van der Waals surface area contributed by atoms with Gasteiger partial charge < -0.3 is 10.2 Å². The Labute approximate surface area is 116 Å². The van der Waals surface area contributed by atoms with Gasteiger partial charge in [-0.2, -0.15) is 5.10 Å². The van der Waals surface area contributed by atoms with E-state index in [1.807, 2.05) is 0 Å². The smallest absolute Gasteiger partial charge is 0.151 e. The van der Waals surface area contributed by atoms with Gasteiger partial charge in [0.2, 0.25) is 0 Å². The summed E-state index contributed by atoms with van der Waals surface area (Å²) >= 11 is 0. The van der Waals surface area contributed by atoms with Crippen LogP contribution in [-0.4, -0.2) is 28.8 Å². The van der Waals surface area contributed by atoms with Crippen molar-refractivity contribution in [1.29, 1.82) is 0 Å². The maximum Gasteiger partial charge on any atom is 0.151 e. The highest BCUT2D eigenvalue weighted by atomic mass is 15.3. The van der Waals surface area contributed by atoms with Gasteiger partial charge >= 0.3 is 0 Å². The number of rotatable bonds is 6. The Morgan fingerprint density at radius 1 is 1.26 bits per heavy atom. The van der Waals surface area contributed by atoms with Crippen molar-refractivity contribution in [3.8, 4) is 0 Å². The van der Waals surface area contributed by atoms with Crippen LogP contribution in [0.5, 0.6) is 0 Å². The zero-order valence-electron chi connectivity index (χ0n) is 12.4. The van der Waals surface area contributed by atoms with Crippen molar-refractivity contribution < 1.29 is 0 Å².